The van der Waals surface area contributed by atoms with Crippen LogP contribution in [0.3, 0.4) is 0 Å². The van der Waals surface area contributed by atoms with Gasteiger partial charge in [-0.2, -0.15) is 0 Å². The number of hydrogen-bond donors (Lipinski definition) is 1. The number of nitrogens with zero attached hydrogens (tertiary/aromatic N) is 2. The number of carbonyl (C=O) groups excluding carboxylic acids is 1. The molecule has 2 aromatic heterocycles. The van der Waals surface area contributed by atoms with Crippen LogP contribution >= 0.6 is 11.3 Å². The average Bonchev–Trinajstić information content (AvgIpc) is 3.06. The molecule has 4 aromatic rings. The van der Waals surface area contributed by atoms with Crippen molar-refractivity contribution >= 4 is 33.1 Å². The number of benzene rings is 2. The van der Waals surface area contributed by atoms with Gasteiger partial charge in [0.05, 0.1) is 20.8 Å². The molecule has 0 atom stereocenters. The van der Waals surface area contributed by atoms with Crippen LogP contribution in [0.2, 0.25) is 0 Å². The van der Waals surface area contributed by atoms with Gasteiger partial charge in [0.1, 0.15) is 12.4 Å². The Morgan fingerprint density at radius 1 is 1.11 bits per heavy atom. The fourth-order valence-electron chi connectivity index (χ4n) is 2.74. The van der Waals surface area contributed by atoms with Crippen molar-refractivity contribution in [3.05, 3.63) is 83.1 Å². The van der Waals surface area contributed by atoms with Crippen LogP contribution in [-0.2, 0) is 6.61 Å². The zero-order valence-electron chi connectivity index (χ0n) is 14.7. The second-order valence-electron chi connectivity index (χ2n) is 6.01. The summed E-state index contributed by atoms with van der Waals surface area (Å²) in [6.07, 6.45) is 3.43. The summed E-state index contributed by atoms with van der Waals surface area (Å²) in [6, 6.07) is 16.7. The summed E-state index contributed by atoms with van der Waals surface area (Å²) >= 11 is 1.61. The Morgan fingerprint density at radius 3 is 2.78 bits per heavy atom. The molecule has 1 amide bonds. The van der Waals surface area contributed by atoms with Gasteiger partial charge < -0.3 is 10.1 Å². The van der Waals surface area contributed by atoms with E-state index >= 15 is 0 Å². The van der Waals surface area contributed by atoms with E-state index in [2.05, 4.69) is 15.3 Å². The lowest BCUT2D eigenvalue weighted by atomic mass is 10.1. The van der Waals surface area contributed by atoms with Gasteiger partial charge in [-0.05, 0) is 55.0 Å². The number of para-hydroxylation sites is 1. The summed E-state index contributed by atoms with van der Waals surface area (Å²) in [5, 5.41) is 3.95. The highest BCUT2D eigenvalue weighted by Gasteiger charge is 2.13. The third-order valence-corrected chi connectivity index (χ3v) is 4.96. The molecule has 6 heteroatoms. The molecule has 0 aliphatic heterocycles. The van der Waals surface area contributed by atoms with Gasteiger partial charge in [0.2, 0.25) is 0 Å². The van der Waals surface area contributed by atoms with Crippen molar-refractivity contribution in [3.8, 4) is 5.75 Å². The fourth-order valence-corrected chi connectivity index (χ4v) is 3.60. The lowest BCUT2D eigenvalue weighted by Gasteiger charge is -2.12. The lowest BCUT2D eigenvalue weighted by molar-refractivity contribution is 0.102. The van der Waals surface area contributed by atoms with Crippen LogP contribution < -0.4 is 10.1 Å². The van der Waals surface area contributed by atoms with E-state index in [1.165, 1.54) is 0 Å². The van der Waals surface area contributed by atoms with Gasteiger partial charge in [-0.3, -0.25) is 9.78 Å². The molecule has 2 heterocycles. The maximum absolute atomic E-state index is 12.8. The van der Waals surface area contributed by atoms with E-state index in [1.54, 1.807) is 35.9 Å². The SMILES string of the molecule is Cc1nc2ccc(NC(=O)c3ccccc3OCc3ccncc3)cc2s1. The Labute approximate surface area is 160 Å². The third kappa shape index (κ3) is 3.96. The number of carbonyl (C=O) groups is 1. The molecular formula is C21H17N3O2S. The van der Waals surface area contributed by atoms with Crippen LogP contribution in [0.15, 0.2) is 67.0 Å². The first kappa shape index (κ1) is 17.2. The number of rotatable bonds is 5. The Hall–Kier alpha value is -3.25. The van der Waals surface area contributed by atoms with E-state index in [0.29, 0.717) is 17.9 Å². The van der Waals surface area contributed by atoms with Gasteiger partial charge in [0.15, 0.2) is 0 Å². The van der Waals surface area contributed by atoms with Crippen molar-refractivity contribution in [3.63, 3.8) is 0 Å². The van der Waals surface area contributed by atoms with Crippen LogP contribution in [0, 0.1) is 6.92 Å². The summed E-state index contributed by atoms with van der Waals surface area (Å²) in [5.74, 6) is 0.336. The number of anilines is 1. The van der Waals surface area contributed by atoms with Crippen molar-refractivity contribution < 1.29 is 9.53 Å². The standard InChI is InChI=1S/C21H17N3O2S/c1-14-23-18-7-6-16(12-20(18)27-14)24-21(25)17-4-2-3-5-19(17)26-13-15-8-10-22-11-9-15/h2-12H,13H2,1H3,(H,24,25). The smallest absolute Gasteiger partial charge is 0.259 e. The zero-order valence-corrected chi connectivity index (χ0v) is 15.5. The quantitative estimate of drug-likeness (QED) is 0.543. The number of fused-ring (bicyclic) bond motifs is 1. The normalized spacial score (nSPS) is 10.7. The molecule has 0 bridgehead atoms. The molecule has 0 aliphatic rings. The van der Waals surface area contributed by atoms with Crippen molar-refractivity contribution in [1.29, 1.82) is 0 Å². The van der Waals surface area contributed by atoms with E-state index in [9.17, 15) is 4.79 Å². The molecule has 0 unspecified atom stereocenters. The Bertz CT molecular complexity index is 1090. The van der Waals surface area contributed by atoms with Gasteiger partial charge in [-0.1, -0.05) is 12.1 Å². The minimum Gasteiger partial charge on any atom is -0.488 e. The van der Waals surface area contributed by atoms with E-state index in [0.717, 1.165) is 26.5 Å². The van der Waals surface area contributed by atoms with Crippen LogP contribution in [-0.4, -0.2) is 15.9 Å². The molecule has 0 aliphatic carbocycles. The fraction of sp³-hybridized carbons (Fsp3) is 0.0952. The summed E-state index contributed by atoms with van der Waals surface area (Å²) in [7, 11) is 0. The maximum atomic E-state index is 12.8. The minimum atomic E-state index is -0.207. The molecule has 2 aromatic carbocycles. The van der Waals surface area contributed by atoms with Crippen molar-refractivity contribution in [2.24, 2.45) is 0 Å². The molecule has 0 radical (unpaired) electrons. The van der Waals surface area contributed by atoms with Crippen LogP contribution in [0.25, 0.3) is 10.2 Å². The topological polar surface area (TPSA) is 64.1 Å². The molecule has 134 valence electrons. The van der Waals surface area contributed by atoms with Crippen LogP contribution in [0.1, 0.15) is 20.9 Å². The number of ether oxygens (including phenoxy) is 1. The predicted molar refractivity (Wildman–Crippen MR) is 107 cm³/mol. The van der Waals surface area contributed by atoms with Crippen LogP contribution in [0.5, 0.6) is 5.75 Å². The second-order valence-corrected chi connectivity index (χ2v) is 7.24. The predicted octanol–water partition coefficient (Wildman–Crippen LogP) is 4.83. The van der Waals surface area contributed by atoms with Gasteiger partial charge in [0, 0.05) is 18.1 Å². The van der Waals surface area contributed by atoms with Gasteiger partial charge in [0.25, 0.3) is 5.91 Å². The third-order valence-electron chi connectivity index (χ3n) is 4.03. The first-order valence-electron chi connectivity index (χ1n) is 8.48. The molecule has 0 saturated carbocycles. The number of amides is 1. The first-order valence-corrected chi connectivity index (χ1v) is 9.30. The van der Waals surface area contributed by atoms with Gasteiger partial charge >= 0.3 is 0 Å². The number of aromatic nitrogens is 2. The number of thiazole rings is 1. The average molecular weight is 375 g/mol. The molecule has 4 rings (SSSR count). The molecule has 0 spiro atoms. The number of aryl methyl sites for hydroxylation is 1. The van der Waals surface area contributed by atoms with E-state index in [1.807, 2.05) is 49.4 Å². The van der Waals surface area contributed by atoms with Crippen LogP contribution in [0.4, 0.5) is 5.69 Å². The summed E-state index contributed by atoms with van der Waals surface area (Å²) in [4.78, 5) is 21.2. The molecule has 27 heavy (non-hydrogen) atoms. The monoisotopic (exact) mass is 375 g/mol. The van der Waals surface area contributed by atoms with E-state index in [4.69, 9.17) is 4.74 Å². The van der Waals surface area contributed by atoms with E-state index < -0.39 is 0 Å². The van der Waals surface area contributed by atoms with Gasteiger partial charge in [-0.15, -0.1) is 11.3 Å². The molecule has 0 saturated heterocycles. The van der Waals surface area contributed by atoms with Crippen molar-refractivity contribution in [2.75, 3.05) is 5.32 Å². The highest BCUT2D eigenvalue weighted by Crippen LogP contribution is 2.26. The zero-order chi connectivity index (χ0) is 18.6. The number of nitrogens with one attached hydrogen (secondary N) is 1. The second kappa shape index (κ2) is 7.55. The minimum absolute atomic E-state index is 0.207. The molecular weight excluding hydrogens is 358 g/mol. The first-order chi connectivity index (χ1) is 13.2. The lowest BCUT2D eigenvalue weighted by Crippen LogP contribution is -2.13. The molecule has 5 nitrogen and oxygen atoms in total. The Balaban J connectivity index is 1.52. The summed E-state index contributed by atoms with van der Waals surface area (Å²) < 4.78 is 6.91. The summed E-state index contributed by atoms with van der Waals surface area (Å²) in [6.45, 7) is 2.35. The van der Waals surface area contributed by atoms with E-state index in [-0.39, 0.29) is 5.91 Å². The molecule has 1 N–H and O–H groups in total. The number of pyridine rings is 1. The maximum Gasteiger partial charge on any atom is 0.259 e. The Kier molecular flexibility index (Phi) is 4.80. The highest BCUT2D eigenvalue weighted by atomic mass is 32.1. The summed E-state index contributed by atoms with van der Waals surface area (Å²) in [5.41, 5.74) is 3.16. The van der Waals surface area contributed by atoms with Crippen molar-refractivity contribution in [1.82, 2.24) is 9.97 Å². The van der Waals surface area contributed by atoms with Crippen molar-refractivity contribution in [2.45, 2.75) is 13.5 Å². The van der Waals surface area contributed by atoms with Gasteiger partial charge in [-0.25, -0.2) is 4.98 Å². The molecule has 0 fully saturated rings. The Morgan fingerprint density at radius 2 is 1.93 bits per heavy atom. The highest BCUT2D eigenvalue weighted by molar-refractivity contribution is 7.18. The largest absolute Gasteiger partial charge is 0.488 e. The number of hydrogen-bond acceptors (Lipinski definition) is 5.